The van der Waals surface area contributed by atoms with Gasteiger partial charge in [-0.2, -0.15) is 0 Å². The average Bonchev–Trinajstić information content (AvgIpc) is 2.97. The zero-order valence-electron chi connectivity index (χ0n) is 29.5. The first kappa shape index (κ1) is 41.1. The van der Waals surface area contributed by atoms with Crippen molar-refractivity contribution < 1.29 is 40.7 Å². The van der Waals surface area contributed by atoms with Gasteiger partial charge in [-0.15, -0.1) is 13.2 Å². The molecule has 0 aliphatic rings. The number of benzene rings is 2. The number of rotatable bonds is 13. The molecule has 5 N–H and O–H groups in total. The van der Waals surface area contributed by atoms with Gasteiger partial charge in [-0.05, 0) is 43.0 Å². The lowest BCUT2D eigenvalue weighted by molar-refractivity contribution is -0.274. The van der Waals surface area contributed by atoms with Crippen molar-refractivity contribution in [2.45, 2.75) is 90.2 Å². The third-order valence-corrected chi connectivity index (χ3v) is 9.52. The van der Waals surface area contributed by atoms with Gasteiger partial charge in [-0.3, -0.25) is 14.4 Å². The zero-order chi connectivity index (χ0) is 37.7. The number of likely N-dealkylation sites (N-methyl/N-ethyl adjacent to an activating group) is 2. The molecule has 0 bridgehead atoms. The second-order valence-corrected chi connectivity index (χ2v) is 15.5. The van der Waals surface area contributed by atoms with Gasteiger partial charge in [0.2, 0.25) is 11.8 Å². The molecule has 0 unspecified atom stereocenters. The van der Waals surface area contributed by atoms with Crippen molar-refractivity contribution in [2.24, 2.45) is 11.3 Å². The topological polar surface area (TPSA) is 160 Å². The van der Waals surface area contributed by atoms with Crippen LogP contribution in [0, 0.1) is 11.3 Å². The van der Waals surface area contributed by atoms with Crippen molar-refractivity contribution in [2.75, 3.05) is 19.8 Å². The molecule has 0 saturated carbocycles. The first-order valence-electron chi connectivity index (χ1n) is 15.5. The van der Waals surface area contributed by atoms with Crippen molar-refractivity contribution in [3.8, 4) is 5.75 Å². The highest BCUT2D eigenvalue weighted by molar-refractivity contribution is 7.90. The number of amides is 3. The Morgan fingerprint density at radius 3 is 2.02 bits per heavy atom. The molecule has 0 aromatic heterocycles. The molecular weight excluding hydrogens is 663 g/mol. The Morgan fingerprint density at radius 1 is 0.959 bits per heavy atom. The van der Waals surface area contributed by atoms with Gasteiger partial charge >= 0.3 is 6.36 Å². The van der Waals surface area contributed by atoms with Gasteiger partial charge in [0.25, 0.3) is 15.9 Å². The Balaban J connectivity index is 2.35. The van der Waals surface area contributed by atoms with Crippen molar-refractivity contribution >= 4 is 33.4 Å². The van der Waals surface area contributed by atoms with Crippen LogP contribution in [0.25, 0.3) is 0 Å². The minimum Gasteiger partial charge on any atom is -0.404 e. The van der Waals surface area contributed by atoms with Gasteiger partial charge in [-0.25, -0.2) is 13.1 Å². The van der Waals surface area contributed by atoms with E-state index in [9.17, 15) is 36.0 Å². The largest absolute Gasteiger partial charge is 0.573 e. The summed E-state index contributed by atoms with van der Waals surface area (Å²) in [5.41, 5.74) is 4.48. The van der Waals surface area contributed by atoms with Gasteiger partial charge in [0, 0.05) is 24.1 Å². The number of nitrogens with zero attached hydrogens (tertiary/aromatic N) is 1. The molecule has 0 saturated heterocycles. The summed E-state index contributed by atoms with van der Waals surface area (Å²) in [5.74, 6) is -3.11. The number of nitrogens with one attached hydrogen (secondary N) is 3. The Bertz CT molecular complexity index is 1640. The van der Waals surface area contributed by atoms with E-state index >= 15 is 0 Å². The first-order valence-corrected chi connectivity index (χ1v) is 17.0. The fourth-order valence-corrected chi connectivity index (χ4v) is 6.35. The van der Waals surface area contributed by atoms with Crippen LogP contribution >= 0.6 is 0 Å². The number of alkyl halides is 3. The molecule has 49 heavy (non-hydrogen) atoms. The number of halogens is 3. The smallest absolute Gasteiger partial charge is 0.404 e. The number of hydrogen-bond donors (Lipinski definition) is 4. The summed E-state index contributed by atoms with van der Waals surface area (Å²) < 4.78 is 69.8. The highest BCUT2D eigenvalue weighted by Gasteiger charge is 2.42. The Morgan fingerprint density at radius 2 is 1.53 bits per heavy atom. The second-order valence-electron chi connectivity index (χ2n) is 13.8. The third kappa shape index (κ3) is 10.7. The summed E-state index contributed by atoms with van der Waals surface area (Å²) in [7, 11) is -1.46. The zero-order valence-corrected chi connectivity index (χ0v) is 30.3. The quantitative estimate of drug-likeness (QED) is 0.175. The van der Waals surface area contributed by atoms with Crippen LogP contribution in [0.15, 0.2) is 65.1 Å². The maximum atomic E-state index is 14.1. The van der Waals surface area contributed by atoms with E-state index in [1.807, 2.05) is 69.7 Å². The van der Waals surface area contributed by atoms with E-state index in [2.05, 4.69) is 15.4 Å². The van der Waals surface area contributed by atoms with Crippen molar-refractivity contribution in [1.82, 2.24) is 20.3 Å². The lowest BCUT2D eigenvalue weighted by atomic mass is 9.76. The molecule has 0 spiro atoms. The second kappa shape index (κ2) is 15.6. The van der Waals surface area contributed by atoms with Crippen LogP contribution in [0.4, 0.5) is 18.9 Å². The number of nitrogen functional groups attached to an aromatic ring is 1. The van der Waals surface area contributed by atoms with Crippen LogP contribution in [-0.4, -0.2) is 69.6 Å². The van der Waals surface area contributed by atoms with Crippen LogP contribution in [0.5, 0.6) is 5.75 Å². The van der Waals surface area contributed by atoms with E-state index in [-0.39, 0.29) is 17.4 Å². The average molecular weight is 712 g/mol. The summed E-state index contributed by atoms with van der Waals surface area (Å²) >= 11 is 0. The number of carbonyl (C=O) groups is 3. The molecule has 3 amide bonds. The molecule has 0 fully saturated rings. The van der Waals surface area contributed by atoms with E-state index < -0.39 is 73.5 Å². The van der Waals surface area contributed by atoms with E-state index in [0.29, 0.717) is 6.07 Å². The summed E-state index contributed by atoms with van der Waals surface area (Å²) in [4.78, 5) is 41.6. The predicted molar refractivity (Wildman–Crippen MR) is 182 cm³/mol. The fourth-order valence-electron chi connectivity index (χ4n) is 5.32. The maximum absolute atomic E-state index is 14.1. The van der Waals surface area contributed by atoms with E-state index in [1.54, 1.807) is 20.9 Å². The van der Waals surface area contributed by atoms with E-state index in [4.69, 9.17) is 5.73 Å². The fraction of sp³-hybridized carbons (Fsp3) is 0.500. The highest BCUT2D eigenvalue weighted by atomic mass is 32.2. The number of carbonyl (C=O) groups excluding carboxylic acids is 3. The van der Waals surface area contributed by atoms with Crippen molar-refractivity contribution in [3.63, 3.8) is 0 Å². The third-order valence-electron chi connectivity index (χ3n) is 8.19. The van der Waals surface area contributed by atoms with Gasteiger partial charge in [0.05, 0.1) is 22.7 Å². The van der Waals surface area contributed by atoms with E-state index in [1.165, 1.54) is 24.9 Å². The van der Waals surface area contributed by atoms with Crippen molar-refractivity contribution in [1.29, 1.82) is 0 Å². The van der Waals surface area contributed by atoms with Gasteiger partial charge < -0.3 is 26.0 Å². The molecule has 11 nitrogen and oxygen atoms in total. The first-order chi connectivity index (χ1) is 22.3. The number of hydrogen-bond acceptors (Lipinski definition) is 8. The highest BCUT2D eigenvalue weighted by Crippen LogP contribution is 2.31. The molecule has 2 rings (SSSR count). The molecule has 15 heteroatoms. The minimum absolute atomic E-state index is 0.0830. The molecule has 0 aliphatic heterocycles. The lowest BCUT2D eigenvalue weighted by Gasteiger charge is -2.40. The molecule has 3 atom stereocenters. The normalized spacial score (nSPS) is 14.9. The minimum atomic E-state index is -5.13. The summed E-state index contributed by atoms with van der Waals surface area (Å²) in [6.07, 6.45) is -3.71. The van der Waals surface area contributed by atoms with E-state index in [0.717, 1.165) is 17.7 Å². The summed E-state index contributed by atoms with van der Waals surface area (Å²) in [6, 6.07) is 9.47. The molecule has 0 radical (unpaired) electrons. The standard InChI is InChI=1S/C34H48F3N5O6S/c1-20(2)25(18-21(3)29(43)41-49(46,47)23-16-17-24(38)26(19-23)48-34(35,36)37)42(10)31(45)28(32(4,5)6)40-30(44)27(39-9)33(7,8)22-14-12-11-13-15-22/h11-20,25,27-28,39H,38H2,1-10H3,(H,40,44)(H,41,43)/t25-,27-,28-/m1/s1. The van der Waals surface area contributed by atoms with Gasteiger partial charge in [-0.1, -0.05) is 84.9 Å². The predicted octanol–water partition coefficient (Wildman–Crippen LogP) is 4.50. The molecule has 0 aliphatic carbocycles. The molecular formula is C34H48F3N5O6S. The summed E-state index contributed by atoms with van der Waals surface area (Å²) in [6.45, 7) is 14.2. The van der Waals surface area contributed by atoms with Crippen LogP contribution in [0.1, 0.15) is 61.0 Å². The molecule has 2 aromatic carbocycles. The number of nitrogens with two attached hydrogens (primary N) is 1. The number of sulfonamides is 1. The van der Waals surface area contributed by atoms with Gasteiger partial charge in [0.1, 0.15) is 6.04 Å². The molecule has 272 valence electrons. The van der Waals surface area contributed by atoms with Gasteiger partial charge in [0.15, 0.2) is 5.75 Å². The monoisotopic (exact) mass is 711 g/mol. The van der Waals surface area contributed by atoms with Crippen LogP contribution in [0.3, 0.4) is 0 Å². The molecule has 2 aromatic rings. The molecule has 0 heterocycles. The SMILES string of the molecule is CN[C@H](C(=O)N[C@H](C(=O)N(C)[C@H](C=C(C)C(=O)NS(=O)(=O)c1ccc(N)c(OC(F)(F)F)c1)C(C)C)C(C)(C)C)C(C)(C)c1ccccc1. The summed E-state index contributed by atoms with van der Waals surface area (Å²) in [5, 5.41) is 6.03. The Labute approximate surface area is 286 Å². The maximum Gasteiger partial charge on any atom is 0.573 e. The number of anilines is 1. The van der Waals surface area contributed by atoms with Crippen LogP contribution in [0.2, 0.25) is 0 Å². The Kier molecular flexibility index (Phi) is 13.1. The lowest BCUT2D eigenvalue weighted by Crippen LogP contribution is -2.61. The van der Waals surface area contributed by atoms with Crippen LogP contribution < -0.4 is 25.8 Å². The Hall–Kier alpha value is -4.11. The van der Waals surface area contributed by atoms with Crippen molar-refractivity contribution in [3.05, 3.63) is 65.7 Å². The number of ether oxygens (including phenoxy) is 1. The van der Waals surface area contributed by atoms with Crippen LogP contribution in [-0.2, 0) is 29.8 Å².